The maximum atomic E-state index is 12.7. The van der Waals surface area contributed by atoms with Gasteiger partial charge in [0.05, 0.1) is 12.2 Å². The van der Waals surface area contributed by atoms with E-state index < -0.39 is 0 Å². The van der Waals surface area contributed by atoms with E-state index in [-0.39, 0.29) is 12.2 Å². The molecule has 0 aromatic heterocycles. The van der Waals surface area contributed by atoms with E-state index in [0.29, 0.717) is 11.9 Å². The zero-order valence-corrected chi connectivity index (χ0v) is 14.1. The van der Waals surface area contributed by atoms with Crippen molar-refractivity contribution >= 4 is 5.91 Å². The van der Waals surface area contributed by atoms with Crippen LogP contribution in [0.2, 0.25) is 0 Å². The summed E-state index contributed by atoms with van der Waals surface area (Å²) < 4.78 is 0. The van der Waals surface area contributed by atoms with Gasteiger partial charge in [0.15, 0.2) is 0 Å². The lowest BCUT2D eigenvalue weighted by atomic mass is 10.1. The molecule has 2 fully saturated rings. The van der Waals surface area contributed by atoms with Gasteiger partial charge in [-0.05, 0) is 38.8 Å². The van der Waals surface area contributed by atoms with Gasteiger partial charge in [-0.15, -0.1) is 0 Å². The second-order valence-electron chi connectivity index (χ2n) is 6.58. The van der Waals surface area contributed by atoms with Crippen LogP contribution in [-0.2, 0) is 4.79 Å². The molecule has 2 aliphatic rings. The average Bonchev–Trinajstić information content (AvgIpc) is 3.05. The van der Waals surface area contributed by atoms with Crippen molar-refractivity contribution < 1.29 is 4.79 Å². The molecule has 2 rings (SSSR count). The number of amides is 1. The van der Waals surface area contributed by atoms with E-state index in [1.54, 1.807) is 0 Å². The quantitative estimate of drug-likeness (QED) is 0.747. The highest BCUT2D eigenvalue weighted by molar-refractivity contribution is 5.84. The Balaban J connectivity index is 1.98. The molecule has 1 N–H and O–H groups in total. The molecule has 122 valence electrons. The van der Waals surface area contributed by atoms with Gasteiger partial charge in [-0.1, -0.05) is 40.0 Å². The SMILES string of the molecule is CCCCC1NC(CCC)N(CC2CCCN2CC)C1=O. The fourth-order valence-electron chi connectivity index (χ4n) is 3.84. The second kappa shape index (κ2) is 8.14. The molecule has 0 aliphatic carbocycles. The molecule has 0 radical (unpaired) electrons. The first kappa shape index (κ1) is 16.8. The Morgan fingerprint density at radius 1 is 1.19 bits per heavy atom. The molecular weight excluding hydrogens is 262 g/mol. The van der Waals surface area contributed by atoms with Crippen molar-refractivity contribution in [3.8, 4) is 0 Å². The van der Waals surface area contributed by atoms with Gasteiger partial charge in [-0.2, -0.15) is 0 Å². The summed E-state index contributed by atoms with van der Waals surface area (Å²) in [7, 11) is 0. The number of unbranched alkanes of at least 4 members (excludes halogenated alkanes) is 1. The molecule has 21 heavy (non-hydrogen) atoms. The monoisotopic (exact) mass is 295 g/mol. The number of hydrogen-bond acceptors (Lipinski definition) is 3. The van der Waals surface area contributed by atoms with Crippen molar-refractivity contribution in [3.05, 3.63) is 0 Å². The summed E-state index contributed by atoms with van der Waals surface area (Å²) in [6.45, 7) is 9.87. The van der Waals surface area contributed by atoms with E-state index >= 15 is 0 Å². The van der Waals surface area contributed by atoms with Crippen molar-refractivity contribution in [2.45, 2.75) is 84.0 Å². The van der Waals surface area contributed by atoms with Gasteiger partial charge >= 0.3 is 0 Å². The van der Waals surface area contributed by atoms with E-state index in [4.69, 9.17) is 0 Å². The van der Waals surface area contributed by atoms with Crippen LogP contribution < -0.4 is 5.32 Å². The summed E-state index contributed by atoms with van der Waals surface area (Å²) in [5.41, 5.74) is 0. The van der Waals surface area contributed by atoms with Gasteiger partial charge < -0.3 is 4.90 Å². The molecule has 0 bridgehead atoms. The van der Waals surface area contributed by atoms with Crippen molar-refractivity contribution in [2.24, 2.45) is 0 Å². The first-order chi connectivity index (χ1) is 10.2. The summed E-state index contributed by atoms with van der Waals surface area (Å²) in [5.74, 6) is 0.352. The number of hydrogen-bond donors (Lipinski definition) is 1. The molecule has 0 spiro atoms. The van der Waals surface area contributed by atoms with E-state index in [1.165, 1.54) is 19.4 Å². The van der Waals surface area contributed by atoms with Crippen LogP contribution in [0.1, 0.15) is 65.7 Å². The molecule has 0 saturated carbocycles. The number of nitrogens with one attached hydrogen (secondary N) is 1. The van der Waals surface area contributed by atoms with Crippen LogP contribution in [0.5, 0.6) is 0 Å². The van der Waals surface area contributed by atoms with Crippen LogP contribution in [0.4, 0.5) is 0 Å². The highest BCUT2D eigenvalue weighted by atomic mass is 16.2. The highest BCUT2D eigenvalue weighted by Gasteiger charge is 2.39. The molecule has 3 atom stereocenters. The molecule has 4 heteroatoms. The first-order valence-corrected chi connectivity index (χ1v) is 9.01. The van der Waals surface area contributed by atoms with E-state index in [1.807, 2.05) is 0 Å². The molecule has 2 aliphatic heterocycles. The molecule has 1 amide bonds. The summed E-state index contributed by atoms with van der Waals surface area (Å²) in [5, 5.41) is 3.59. The van der Waals surface area contributed by atoms with Crippen LogP contribution in [0.25, 0.3) is 0 Å². The average molecular weight is 295 g/mol. The number of carbonyl (C=O) groups is 1. The van der Waals surface area contributed by atoms with Gasteiger partial charge in [-0.25, -0.2) is 0 Å². The van der Waals surface area contributed by atoms with Crippen LogP contribution >= 0.6 is 0 Å². The van der Waals surface area contributed by atoms with Crippen molar-refractivity contribution in [2.75, 3.05) is 19.6 Å². The number of likely N-dealkylation sites (tertiary alicyclic amines) is 1. The lowest BCUT2D eigenvalue weighted by Gasteiger charge is -2.31. The smallest absolute Gasteiger partial charge is 0.241 e. The lowest BCUT2D eigenvalue weighted by Crippen LogP contribution is -2.45. The minimum atomic E-state index is 0.0676. The lowest BCUT2D eigenvalue weighted by molar-refractivity contribution is -0.130. The van der Waals surface area contributed by atoms with Crippen LogP contribution in [0.3, 0.4) is 0 Å². The normalized spacial score (nSPS) is 30.5. The van der Waals surface area contributed by atoms with Crippen molar-refractivity contribution in [1.29, 1.82) is 0 Å². The zero-order chi connectivity index (χ0) is 15.2. The molecule has 4 nitrogen and oxygen atoms in total. The zero-order valence-electron chi connectivity index (χ0n) is 14.1. The van der Waals surface area contributed by atoms with Gasteiger partial charge in [0.2, 0.25) is 5.91 Å². The third-order valence-electron chi connectivity index (χ3n) is 5.07. The summed E-state index contributed by atoms with van der Waals surface area (Å²) in [6, 6.07) is 0.642. The molecule has 2 heterocycles. The van der Waals surface area contributed by atoms with Crippen LogP contribution in [-0.4, -0.2) is 53.6 Å². The maximum absolute atomic E-state index is 12.7. The Hall–Kier alpha value is -0.610. The van der Waals surface area contributed by atoms with E-state index in [9.17, 15) is 4.79 Å². The Labute approximate surface area is 130 Å². The molecule has 0 aromatic carbocycles. The molecule has 3 unspecified atom stereocenters. The van der Waals surface area contributed by atoms with Crippen molar-refractivity contribution in [1.82, 2.24) is 15.1 Å². The number of likely N-dealkylation sites (N-methyl/N-ethyl adjacent to an activating group) is 1. The standard InChI is InChI=1S/C17H33N3O/c1-4-7-11-15-17(21)20(16(18-15)9-5-2)13-14-10-8-12-19(14)6-3/h14-16,18H,4-13H2,1-3H3. The predicted molar refractivity (Wildman–Crippen MR) is 87.1 cm³/mol. The highest BCUT2D eigenvalue weighted by Crippen LogP contribution is 2.23. The molecule has 2 saturated heterocycles. The largest absolute Gasteiger partial charge is 0.324 e. The molecule has 0 aromatic rings. The third-order valence-corrected chi connectivity index (χ3v) is 5.07. The third kappa shape index (κ3) is 3.98. The van der Waals surface area contributed by atoms with Crippen molar-refractivity contribution in [3.63, 3.8) is 0 Å². The van der Waals surface area contributed by atoms with E-state index in [0.717, 1.165) is 45.2 Å². The number of carbonyl (C=O) groups excluding carboxylic acids is 1. The Bertz CT molecular complexity index is 334. The summed E-state index contributed by atoms with van der Waals surface area (Å²) in [4.78, 5) is 17.4. The van der Waals surface area contributed by atoms with Gasteiger partial charge in [0.25, 0.3) is 0 Å². The Morgan fingerprint density at radius 2 is 2.00 bits per heavy atom. The first-order valence-electron chi connectivity index (χ1n) is 9.01. The fraction of sp³-hybridized carbons (Fsp3) is 0.941. The summed E-state index contributed by atoms with van der Waals surface area (Å²) in [6.07, 6.45) is 8.30. The number of rotatable bonds is 8. The second-order valence-corrected chi connectivity index (χ2v) is 6.58. The fourth-order valence-corrected chi connectivity index (χ4v) is 3.84. The topological polar surface area (TPSA) is 35.6 Å². The van der Waals surface area contributed by atoms with Gasteiger partial charge in [-0.3, -0.25) is 15.0 Å². The van der Waals surface area contributed by atoms with Gasteiger partial charge in [0, 0.05) is 12.6 Å². The minimum Gasteiger partial charge on any atom is -0.324 e. The maximum Gasteiger partial charge on any atom is 0.241 e. The van der Waals surface area contributed by atoms with Crippen LogP contribution in [0, 0.1) is 0 Å². The Morgan fingerprint density at radius 3 is 2.67 bits per heavy atom. The number of nitrogens with zero attached hydrogens (tertiary/aromatic N) is 2. The predicted octanol–water partition coefficient (Wildman–Crippen LogP) is 2.59. The van der Waals surface area contributed by atoms with Gasteiger partial charge in [0.1, 0.15) is 0 Å². The van der Waals surface area contributed by atoms with Crippen LogP contribution in [0.15, 0.2) is 0 Å². The van der Waals surface area contributed by atoms with E-state index in [2.05, 4.69) is 35.9 Å². The Kier molecular flexibility index (Phi) is 6.49. The molecular formula is C17H33N3O. The minimum absolute atomic E-state index is 0.0676. The summed E-state index contributed by atoms with van der Waals surface area (Å²) >= 11 is 0.